The number of nitrogens with zero attached hydrogens (tertiary/aromatic N) is 2. The predicted molar refractivity (Wildman–Crippen MR) is 114 cm³/mol. The fraction of sp³-hybridized carbons (Fsp3) is 0.435. The largest absolute Gasteiger partial charge is 0.497 e. The highest BCUT2D eigenvalue weighted by atomic mass is 16.5. The van der Waals surface area contributed by atoms with E-state index < -0.39 is 0 Å². The Morgan fingerprint density at radius 2 is 1.64 bits per heavy atom. The fourth-order valence-corrected chi connectivity index (χ4v) is 3.60. The van der Waals surface area contributed by atoms with Gasteiger partial charge in [-0.15, -0.1) is 0 Å². The molecule has 28 heavy (non-hydrogen) atoms. The Morgan fingerprint density at radius 1 is 1.00 bits per heavy atom. The number of amides is 1. The van der Waals surface area contributed by atoms with Crippen LogP contribution < -0.4 is 10.1 Å². The lowest BCUT2D eigenvalue weighted by atomic mass is 10.0. The fourth-order valence-electron chi connectivity index (χ4n) is 3.60. The molecular weight excluding hydrogens is 350 g/mol. The summed E-state index contributed by atoms with van der Waals surface area (Å²) in [5.74, 6) is 1.34. The van der Waals surface area contributed by atoms with Gasteiger partial charge in [-0.3, -0.25) is 14.6 Å². The van der Waals surface area contributed by atoms with Gasteiger partial charge in [-0.2, -0.15) is 0 Å². The van der Waals surface area contributed by atoms with Crippen molar-refractivity contribution in [1.82, 2.24) is 9.80 Å². The van der Waals surface area contributed by atoms with Crippen LogP contribution in [0.25, 0.3) is 0 Å². The van der Waals surface area contributed by atoms with Crippen molar-refractivity contribution >= 4 is 11.6 Å². The van der Waals surface area contributed by atoms with Gasteiger partial charge >= 0.3 is 0 Å². The number of hydrogen-bond donors (Lipinski definition) is 1. The molecule has 0 atom stereocenters. The Bertz CT molecular complexity index is 766. The lowest BCUT2D eigenvalue weighted by Gasteiger charge is -2.34. The minimum Gasteiger partial charge on any atom is -0.497 e. The number of hydrogen-bond acceptors (Lipinski definition) is 4. The number of para-hydroxylation sites is 1. The van der Waals surface area contributed by atoms with E-state index in [1.807, 2.05) is 30.3 Å². The molecule has 0 aliphatic carbocycles. The summed E-state index contributed by atoms with van der Waals surface area (Å²) in [6, 6.07) is 16.3. The van der Waals surface area contributed by atoms with Crippen molar-refractivity contribution in [2.45, 2.75) is 26.3 Å². The first-order chi connectivity index (χ1) is 13.5. The van der Waals surface area contributed by atoms with Crippen LogP contribution in [0.3, 0.4) is 0 Å². The second-order valence-electron chi connectivity index (χ2n) is 7.69. The van der Waals surface area contributed by atoms with E-state index >= 15 is 0 Å². The third kappa shape index (κ3) is 5.57. The van der Waals surface area contributed by atoms with E-state index in [2.05, 4.69) is 47.2 Å². The van der Waals surface area contributed by atoms with E-state index in [4.69, 9.17) is 4.74 Å². The van der Waals surface area contributed by atoms with Crippen molar-refractivity contribution in [3.8, 4) is 5.75 Å². The highest BCUT2D eigenvalue weighted by Gasteiger charge is 2.19. The molecule has 1 aliphatic rings. The minimum absolute atomic E-state index is 0.0664. The summed E-state index contributed by atoms with van der Waals surface area (Å²) in [5.41, 5.74) is 3.40. The third-order valence-electron chi connectivity index (χ3n) is 5.25. The number of rotatable bonds is 7. The molecule has 0 aromatic heterocycles. The van der Waals surface area contributed by atoms with Gasteiger partial charge in [-0.05, 0) is 35.2 Å². The van der Waals surface area contributed by atoms with Crippen molar-refractivity contribution in [3.63, 3.8) is 0 Å². The molecular formula is C23H31N3O2. The molecule has 5 nitrogen and oxygen atoms in total. The van der Waals surface area contributed by atoms with E-state index in [1.165, 1.54) is 11.1 Å². The molecule has 150 valence electrons. The molecule has 1 heterocycles. The first-order valence-electron chi connectivity index (χ1n) is 10.0. The van der Waals surface area contributed by atoms with Gasteiger partial charge in [0.15, 0.2) is 0 Å². The second kappa shape index (κ2) is 9.71. The predicted octanol–water partition coefficient (Wildman–Crippen LogP) is 3.57. The van der Waals surface area contributed by atoms with Crippen LogP contribution in [0.5, 0.6) is 5.75 Å². The maximum Gasteiger partial charge on any atom is 0.238 e. The zero-order valence-electron chi connectivity index (χ0n) is 17.1. The summed E-state index contributed by atoms with van der Waals surface area (Å²) >= 11 is 0. The summed E-state index contributed by atoms with van der Waals surface area (Å²) in [7, 11) is 1.69. The molecule has 1 saturated heterocycles. The smallest absolute Gasteiger partial charge is 0.238 e. The maximum atomic E-state index is 12.5. The average Bonchev–Trinajstić information content (AvgIpc) is 2.70. The average molecular weight is 382 g/mol. The molecule has 0 saturated carbocycles. The zero-order valence-corrected chi connectivity index (χ0v) is 17.1. The van der Waals surface area contributed by atoms with Crippen LogP contribution in [-0.2, 0) is 11.3 Å². The monoisotopic (exact) mass is 381 g/mol. The van der Waals surface area contributed by atoms with Crippen molar-refractivity contribution in [2.24, 2.45) is 0 Å². The van der Waals surface area contributed by atoms with Gasteiger partial charge in [0, 0.05) is 38.4 Å². The normalized spacial score (nSPS) is 15.6. The topological polar surface area (TPSA) is 44.8 Å². The molecule has 2 aromatic rings. The van der Waals surface area contributed by atoms with Crippen LogP contribution in [0.4, 0.5) is 5.69 Å². The Labute approximate surface area is 168 Å². The first kappa shape index (κ1) is 20.4. The minimum atomic E-state index is 0.0664. The third-order valence-corrected chi connectivity index (χ3v) is 5.25. The number of methoxy groups -OCH3 is 1. The van der Waals surface area contributed by atoms with Crippen molar-refractivity contribution in [2.75, 3.05) is 45.2 Å². The number of carbonyl (C=O) groups excluding carboxylic acids is 1. The van der Waals surface area contributed by atoms with Crippen LogP contribution in [0, 0.1) is 0 Å². The second-order valence-corrected chi connectivity index (χ2v) is 7.69. The van der Waals surface area contributed by atoms with E-state index in [0.29, 0.717) is 12.5 Å². The van der Waals surface area contributed by atoms with Crippen LogP contribution in [-0.4, -0.2) is 55.5 Å². The molecule has 5 heteroatoms. The number of nitrogens with one attached hydrogen (secondary N) is 1. The number of carbonyl (C=O) groups is 1. The molecule has 2 aromatic carbocycles. The summed E-state index contributed by atoms with van der Waals surface area (Å²) < 4.78 is 5.21. The van der Waals surface area contributed by atoms with E-state index in [0.717, 1.165) is 44.2 Å². The molecule has 0 bridgehead atoms. The quantitative estimate of drug-likeness (QED) is 0.796. The lowest BCUT2D eigenvalue weighted by Crippen LogP contribution is -2.48. The van der Waals surface area contributed by atoms with E-state index in [-0.39, 0.29) is 5.91 Å². The van der Waals surface area contributed by atoms with Gasteiger partial charge in [0.1, 0.15) is 5.75 Å². The number of piperazine rings is 1. The summed E-state index contributed by atoms with van der Waals surface area (Å²) in [6.45, 7) is 9.45. The Hall–Kier alpha value is -2.37. The molecule has 1 fully saturated rings. The summed E-state index contributed by atoms with van der Waals surface area (Å²) in [6.07, 6.45) is 0. The number of benzene rings is 2. The Balaban J connectivity index is 1.45. The van der Waals surface area contributed by atoms with Crippen molar-refractivity contribution in [3.05, 3.63) is 59.7 Å². The van der Waals surface area contributed by atoms with Gasteiger partial charge in [0.05, 0.1) is 13.7 Å². The SMILES string of the molecule is COc1ccc(CN2CCN(CC(=O)Nc3ccccc3C(C)C)CC2)cc1. The summed E-state index contributed by atoms with van der Waals surface area (Å²) in [5, 5.41) is 3.09. The highest BCUT2D eigenvalue weighted by molar-refractivity contribution is 5.93. The molecule has 0 radical (unpaired) electrons. The van der Waals surface area contributed by atoms with Crippen LogP contribution >= 0.6 is 0 Å². The molecule has 0 spiro atoms. The highest BCUT2D eigenvalue weighted by Crippen LogP contribution is 2.23. The number of ether oxygens (including phenoxy) is 1. The molecule has 1 N–H and O–H groups in total. The zero-order chi connectivity index (χ0) is 19.9. The van der Waals surface area contributed by atoms with E-state index in [1.54, 1.807) is 7.11 Å². The first-order valence-corrected chi connectivity index (χ1v) is 10.0. The van der Waals surface area contributed by atoms with Gasteiger partial charge in [-0.25, -0.2) is 0 Å². The van der Waals surface area contributed by atoms with Crippen molar-refractivity contribution in [1.29, 1.82) is 0 Å². The lowest BCUT2D eigenvalue weighted by molar-refractivity contribution is -0.117. The summed E-state index contributed by atoms with van der Waals surface area (Å²) in [4.78, 5) is 17.2. The van der Waals surface area contributed by atoms with Gasteiger partial charge in [-0.1, -0.05) is 44.2 Å². The van der Waals surface area contributed by atoms with Crippen LogP contribution in [0.2, 0.25) is 0 Å². The Morgan fingerprint density at radius 3 is 2.29 bits per heavy atom. The van der Waals surface area contributed by atoms with Gasteiger partial charge in [0.2, 0.25) is 5.91 Å². The van der Waals surface area contributed by atoms with Gasteiger partial charge < -0.3 is 10.1 Å². The standard InChI is InChI=1S/C23H31N3O2/c1-18(2)21-6-4-5-7-22(21)24-23(27)17-26-14-12-25(13-15-26)16-19-8-10-20(28-3)11-9-19/h4-11,18H,12-17H2,1-3H3,(H,24,27). The van der Waals surface area contributed by atoms with E-state index in [9.17, 15) is 4.79 Å². The number of anilines is 1. The molecule has 1 aliphatic heterocycles. The molecule has 1 amide bonds. The van der Waals surface area contributed by atoms with Crippen LogP contribution in [0.1, 0.15) is 30.9 Å². The Kier molecular flexibility index (Phi) is 7.06. The molecule has 0 unspecified atom stereocenters. The van der Waals surface area contributed by atoms with Gasteiger partial charge in [0.25, 0.3) is 0 Å². The van der Waals surface area contributed by atoms with Crippen LogP contribution in [0.15, 0.2) is 48.5 Å². The maximum absolute atomic E-state index is 12.5. The molecule has 3 rings (SSSR count). The van der Waals surface area contributed by atoms with Crippen molar-refractivity contribution < 1.29 is 9.53 Å².